The second-order valence-electron chi connectivity index (χ2n) is 11.7. The molecule has 0 bridgehead atoms. The van der Waals surface area contributed by atoms with Gasteiger partial charge in [0, 0.05) is 35.6 Å². The first-order valence-corrected chi connectivity index (χ1v) is 15.7. The minimum atomic E-state index is -0.343. The maximum absolute atomic E-state index is 13.1. The van der Waals surface area contributed by atoms with Crippen LogP contribution in [0.2, 0.25) is 0 Å². The third-order valence-corrected chi connectivity index (χ3v) is 8.95. The molecule has 5 rings (SSSR count). The maximum Gasteiger partial charge on any atom is 0.355 e. The summed E-state index contributed by atoms with van der Waals surface area (Å²) >= 11 is 0. The summed E-state index contributed by atoms with van der Waals surface area (Å²) in [7, 11) is 0. The predicted octanol–water partition coefficient (Wildman–Crippen LogP) is 7.92. The number of H-pyrrole nitrogens is 3. The van der Waals surface area contributed by atoms with E-state index in [1.54, 1.807) is 0 Å². The molecule has 3 aromatic heterocycles. The molecule has 0 unspecified atom stereocenters. The van der Waals surface area contributed by atoms with Gasteiger partial charge < -0.3 is 24.4 Å². The fourth-order valence-electron chi connectivity index (χ4n) is 6.18. The average molecular weight is 606 g/mol. The lowest BCUT2D eigenvalue weighted by atomic mass is 10.0. The Morgan fingerprint density at radius 1 is 0.533 bits per heavy atom. The Kier molecular flexibility index (Phi) is 9.77. The van der Waals surface area contributed by atoms with Crippen molar-refractivity contribution in [1.29, 1.82) is 0 Å². The molecule has 7 nitrogen and oxygen atoms in total. The maximum atomic E-state index is 13.1. The lowest BCUT2D eigenvalue weighted by molar-refractivity contribution is 0.0457. The highest BCUT2D eigenvalue weighted by Gasteiger charge is 2.23. The smallest absolute Gasteiger partial charge is 0.355 e. The SMILES string of the molecule is CCc1c(Cc2[nH]c(Cc3[nH]c(C(=O)OCc4ccccc4)c(C)c3CC)c(C)c2C)[nH]c(C(=O)OCc2ccccc2)c1C. The number of carbonyl (C=O) groups excluding carboxylic acids is 2. The van der Waals surface area contributed by atoms with E-state index >= 15 is 0 Å². The molecular formula is C38H43N3O4. The molecule has 0 saturated carbocycles. The Labute approximate surface area is 265 Å². The molecule has 0 aliphatic rings. The van der Waals surface area contributed by atoms with Gasteiger partial charge in [-0.2, -0.15) is 0 Å². The van der Waals surface area contributed by atoms with Crippen LogP contribution in [0.5, 0.6) is 0 Å². The fraction of sp³-hybridized carbons (Fsp3) is 0.316. The van der Waals surface area contributed by atoms with Gasteiger partial charge >= 0.3 is 11.9 Å². The first-order valence-electron chi connectivity index (χ1n) is 15.7. The Hall–Kier alpha value is -4.78. The summed E-state index contributed by atoms with van der Waals surface area (Å²) in [6.07, 6.45) is 2.90. The molecule has 0 aliphatic carbocycles. The van der Waals surface area contributed by atoms with Crippen molar-refractivity contribution in [1.82, 2.24) is 15.0 Å². The number of aromatic nitrogens is 3. The van der Waals surface area contributed by atoms with Crippen LogP contribution in [0.3, 0.4) is 0 Å². The molecule has 0 spiro atoms. The molecule has 45 heavy (non-hydrogen) atoms. The van der Waals surface area contributed by atoms with Crippen molar-refractivity contribution in [3.8, 4) is 0 Å². The molecule has 0 radical (unpaired) electrons. The van der Waals surface area contributed by atoms with Crippen LogP contribution in [0, 0.1) is 27.7 Å². The van der Waals surface area contributed by atoms with Gasteiger partial charge in [-0.15, -0.1) is 0 Å². The summed E-state index contributed by atoms with van der Waals surface area (Å²) in [6.45, 7) is 12.9. The van der Waals surface area contributed by atoms with Gasteiger partial charge in [0.25, 0.3) is 0 Å². The number of aromatic amines is 3. The highest BCUT2D eigenvalue weighted by Crippen LogP contribution is 2.29. The predicted molar refractivity (Wildman–Crippen MR) is 177 cm³/mol. The number of hydrogen-bond donors (Lipinski definition) is 3. The topological polar surface area (TPSA) is 100.0 Å². The van der Waals surface area contributed by atoms with Crippen LogP contribution in [0.15, 0.2) is 60.7 Å². The van der Waals surface area contributed by atoms with Crippen molar-refractivity contribution < 1.29 is 19.1 Å². The zero-order valence-corrected chi connectivity index (χ0v) is 27.1. The van der Waals surface area contributed by atoms with Crippen LogP contribution >= 0.6 is 0 Å². The summed E-state index contributed by atoms with van der Waals surface area (Å²) in [5, 5.41) is 0. The van der Waals surface area contributed by atoms with Gasteiger partial charge in [-0.3, -0.25) is 0 Å². The van der Waals surface area contributed by atoms with E-state index in [2.05, 4.69) is 42.6 Å². The van der Waals surface area contributed by atoms with Crippen molar-refractivity contribution >= 4 is 11.9 Å². The van der Waals surface area contributed by atoms with Crippen molar-refractivity contribution in [2.45, 2.75) is 80.4 Å². The molecule has 7 heteroatoms. The minimum absolute atomic E-state index is 0.234. The first-order chi connectivity index (χ1) is 21.7. The van der Waals surface area contributed by atoms with Crippen LogP contribution in [0.4, 0.5) is 0 Å². The minimum Gasteiger partial charge on any atom is -0.456 e. The average Bonchev–Trinajstić information content (AvgIpc) is 3.65. The molecule has 5 aromatic rings. The van der Waals surface area contributed by atoms with Gasteiger partial charge in [0.1, 0.15) is 24.6 Å². The Morgan fingerprint density at radius 2 is 0.911 bits per heavy atom. The highest BCUT2D eigenvalue weighted by molar-refractivity contribution is 5.90. The number of carbonyl (C=O) groups is 2. The molecule has 2 aromatic carbocycles. The number of hydrogen-bond acceptors (Lipinski definition) is 4. The molecule has 3 heterocycles. The zero-order chi connectivity index (χ0) is 32.1. The second-order valence-corrected chi connectivity index (χ2v) is 11.7. The fourth-order valence-corrected chi connectivity index (χ4v) is 6.18. The number of ether oxygens (including phenoxy) is 2. The van der Waals surface area contributed by atoms with E-state index in [1.807, 2.05) is 74.5 Å². The lowest BCUT2D eigenvalue weighted by Gasteiger charge is -2.04. The van der Waals surface area contributed by atoms with Gasteiger partial charge in [-0.25, -0.2) is 9.59 Å². The van der Waals surface area contributed by atoms with E-state index in [-0.39, 0.29) is 25.2 Å². The molecule has 0 amide bonds. The molecule has 234 valence electrons. The van der Waals surface area contributed by atoms with Gasteiger partial charge in [-0.05, 0) is 85.0 Å². The number of benzene rings is 2. The van der Waals surface area contributed by atoms with E-state index in [9.17, 15) is 9.59 Å². The van der Waals surface area contributed by atoms with Crippen LogP contribution in [-0.4, -0.2) is 26.9 Å². The van der Waals surface area contributed by atoms with Gasteiger partial charge in [0.2, 0.25) is 0 Å². The van der Waals surface area contributed by atoms with Crippen molar-refractivity contribution in [3.05, 3.63) is 139 Å². The zero-order valence-electron chi connectivity index (χ0n) is 27.1. The number of esters is 2. The monoisotopic (exact) mass is 605 g/mol. The molecule has 3 N–H and O–H groups in total. The highest BCUT2D eigenvalue weighted by atomic mass is 16.5. The summed E-state index contributed by atoms with van der Waals surface area (Å²) in [4.78, 5) is 36.6. The van der Waals surface area contributed by atoms with Crippen LogP contribution in [0.25, 0.3) is 0 Å². The van der Waals surface area contributed by atoms with Crippen molar-refractivity contribution in [3.63, 3.8) is 0 Å². The lowest BCUT2D eigenvalue weighted by Crippen LogP contribution is -2.07. The van der Waals surface area contributed by atoms with Crippen LogP contribution in [0.1, 0.15) is 102 Å². The third kappa shape index (κ3) is 6.83. The summed E-state index contributed by atoms with van der Waals surface area (Å²) in [5.41, 5.74) is 13.7. The van der Waals surface area contributed by atoms with E-state index in [4.69, 9.17) is 9.47 Å². The van der Waals surface area contributed by atoms with E-state index in [0.717, 1.165) is 69.0 Å². The van der Waals surface area contributed by atoms with E-state index < -0.39 is 0 Å². The Morgan fingerprint density at radius 3 is 1.27 bits per heavy atom. The van der Waals surface area contributed by atoms with Crippen LogP contribution < -0.4 is 0 Å². The summed E-state index contributed by atoms with van der Waals surface area (Å²) in [5.74, 6) is -0.686. The number of rotatable bonds is 12. The molecule has 0 atom stereocenters. The van der Waals surface area contributed by atoms with E-state index in [1.165, 1.54) is 11.1 Å². The number of nitrogens with one attached hydrogen (secondary N) is 3. The van der Waals surface area contributed by atoms with Crippen molar-refractivity contribution in [2.75, 3.05) is 0 Å². The quantitative estimate of drug-likeness (QED) is 0.126. The molecule has 0 saturated heterocycles. The van der Waals surface area contributed by atoms with Crippen molar-refractivity contribution in [2.24, 2.45) is 0 Å². The Balaban J connectivity index is 1.34. The Bertz CT molecular complexity index is 1660. The third-order valence-electron chi connectivity index (χ3n) is 8.95. The summed E-state index contributed by atoms with van der Waals surface area (Å²) < 4.78 is 11.3. The molecule has 0 aliphatic heterocycles. The van der Waals surface area contributed by atoms with Gasteiger partial charge in [-0.1, -0.05) is 74.5 Å². The summed E-state index contributed by atoms with van der Waals surface area (Å²) in [6, 6.07) is 19.4. The molecular weight excluding hydrogens is 562 g/mol. The van der Waals surface area contributed by atoms with E-state index in [0.29, 0.717) is 24.2 Å². The standard InChI is InChI=1S/C38H43N3O4/c1-7-29-25(5)35(37(42)44-21-27-15-11-9-12-16-27)40-33(29)19-31-23(3)24(4)32(39-31)20-34-30(8-2)26(6)36(41-34)38(43)45-22-28-17-13-10-14-18-28/h9-18,39-41H,7-8,19-22H2,1-6H3. The largest absolute Gasteiger partial charge is 0.456 e. The van der Waals surface area contributed by atoms with Gasteiger partial charge in [0.05, 0.1) is 0 Å². The van der Waals surface area contributed by atoms with Gasteiger partial charge in [0.15, 0.2) is 0 Å². The first kappa shape index (κ1) is 31.6. The second kappa shape index (κ2) is 13.9. The van der Waals surface area contributed by atoms with Crippen LogP contribution in [-0.2, 0) is 48.4 Å². The molecule has 0 fully saturated rings. The normalized spacial score (nSPS) is 11.2.